The Morgan fingerprint density at radius 2 is 2.05 bits per heavy atom. The summed E-state index contributed by atoms with van der Waals surface area (Å²) in [6, 6.07) is 3.80. The first kappa shape index (κ1) is 17.2. The standard InChI is InChI=1S/C16H23N3O2.ClH/c1-19-9-12-4-3-5-13(10-19)16(12,21-2)11-6-7-18-14(8-11)15(17)20;/h6-8,12-13H,3-5,9-10H2,1-2H3,(H2,17,20);1H/t12-,13+,16+;. The summed E-state index contributed by atoms with van der Waals surface area (Å²) in [5.74, 6) is 0.410. The van der Waals surface area contributed by atoms with Gasteiger partial charge in [-0.15, -0.1) is 12.4 Å². The second-order valence-electron chi connectivity index (χ2n) is 6.34. The number of amides is 1. The van der Waals surface area contributed by atoms with Crippen LogP contribution in [0.4, 0.5) is 0 Å². The van der Waals surface area contributed by atoms with Gasteiger partial charge < -0.3 is 15.4 Å². The van der Waals surface area contributed by atoms with Gasteiger partial charge in [-0.25, -0.2) is 0 Å². The Morgan fingerprint density at radius 3 is 2.59 bits per heavy atom. The fraction of sp³-hybridized carbons (Fsp3) is 0.625. The van der Waals surface area contributed by atoms with Crippen LogP contribution in [0.2, 0.25) is 0 Å². The van der Waals surface area contributed by atoms with Crippen molar-refractivity contribution in [3.63, 3.8) is 0 Å². The number of pyridine rings is 1. The van der Waals surface area contributed by atoms with Gasteiger partial charge >= 0.3 is 0 Å². The predicted molar refractivity (Wildman–Crippen MR) is 87.0 cm³/mol. The van der Waals surface area contributed by atoms with E-state index in [2.05, 4.69) is 16.9 Å². The molecular weight excluding hydrogens is 302 g/mol. The Kier molecular flexibility index (Phi) is 5.10. The van der Waals surface area contributed by atoms with E-state index in [-0.39, 0.29) is 18.0 Å². The minimum Gasteiger partial charge on any atom is -0.373 e. The third-order valence-corrected chi connectivity index (χ3v) is 5.18. The normalized spacial score (nSPS) is 31.4. The van der Waals surface area contributed by atoms with Crippen LogP contribution in [0.5, 0.6) is 0 Å². The molecule has 2 heterocycles. The van der Waals surface area contributed by atoms with Crippen LogP contribution in [-0.2, 0) is 10.3 Å². The zero-order chi connectivity index (χ0) is 15.0. The molecule has 1 saturated heterocycles. The summed E-state index contributed by atoms with van der Waals surface area (Å²) < 4.78 is 6.11. The van der Waals surface area contributed by atoms with Gasteiger partial charge in [0.15, 0.2) is 0 Å². The number of carbonyl (C=O) groups is 1. The van der Waals surface area contributed by atoms with Gasteiger partial charge in [-0.2, -0.15) is 0 Å². The molecule has 0 unspecified atom stereocenters. The fourth-order valence-corrected chi connectivity index (χ4v) is 4.38. The van der Waals surface area contributed by atoms with E-state index in [1.54, 1.807) is 13.3 Å². The number of hydrogen-bond acceptors (Lipinski definition) is 4. The molecule has 3 rings (SSSR count). The van der Waals surface area contributed by atoms with Crippen molar-refractivity contribution < 1.29 is 9.53 Å². The van der Waals surface area contributed by atoms with E-state index in [0.29, 0.717) is 17.5 Å². The molecule has 1 aromatic heterocycles. The van der Waals surface area contributed by atoms with Gasteiger partial charge in [-0.3, -0.25) is 9.78 Å². The number of nitrogens with zero attached hydrogens (tertiary/aromatic N) is 2. The maximum Gasteiger partial charge on any atom is 0.267 e. The number of likely N-dealkylation sites (tertiary alicyclic amines) is 1. The number of piperidine rings is 1. The summed E-state index contributed by atoms with van der Waals surface area (Å²) >= 11 is 0. The van der Waals surface area contributed by atoms with E-state index in [1.165, 1.54) is 6.42 Å². The van der Waals surface area contributed by atoms with E-state index < -0.39 is 5.91 Å². The molecule has 0 aromatic carbocycles. The van der Waals surface area contributed by atoms with E-state index in [9.17, 15) is 4.79 Å². The van der Waals surface area contributed by atoms with Gasteiger partial charge in [0, 0.05) is 38.2 Å². The Bertz CT molecular complexity index is 538. The van der Waals surface area contributed by atoms with Crippen molar-refractivity contribution in [3.05, 3.63) is 29.6 Å². The average Bonchev–Trinajstić information content (AvgIpc) is 2.46. The SMILES string of the molecule is CO[C@@]1(c2ccnc(C(N)=O)c2)[C@@H]2CCC[C@H]1CN(C)C2.Cl. The van der Waals surface area contributed by atoms with E-state index in [4.69, 9.17) is 10.5 Å². The highest BCUT2D eigenvalue weighted by molar-refractivity contribution is 5.90. The quantitative estimate of drug-likeness (QED) is 0.920. The van der Waals surface area contributed by atoms with Crippen LogP contribution >= 0.6 is 12.4 Å². The number of halogens is 1. The molecule has 2 aliphatic rings. The van der Waals surface area contributed by atoms with Crippen LogP contribution in [-0.4, -0.2) is 43.0 Å². The number of ether oxygens (including phenoxy) is 1. The summed E-state index contributed by atoms with van der Waals surface area (Å²) in [4.78, 5) is 17.9. The molecule has 3 atom stereocenters. The zero-order valence-electron chi connectivity index (χ0n) is 13.1. The number of methoxy groups -OCH3 is 1. The van der Waals surface area contributed by atoms with Gasteiger partial charge in [-0.1, -0.05) is 6.42 Å². The number of rotatable bonds is 3. The molecule has 1 aliphatic carbocycles. The van der Waals surface area contributed by atoms with Crippen LogP contribution in [0.3, 0.4) is 0 Å². The molecule has 1 amide bonds. The minimum absolute atomic E-state index is 0. The molecule has 1 aromatic rings. The summed E-state index contributed by atoms with van der Waals surface area (Å²) in [7, 11) is 3.97. The maximum atomic E-state index is 11.4. The molecule has 1 aliphatic heterocycles. The Hall–Kier alpha value is -1.17. The topological polar surface area (TPSA) is 68.5 Å². The molecular formula is C16H24ClN3O2. The molecule has 6 heteroatoms. The second kappa shape index (κ2) is 6.52. The second-order valence-corrected chi connectivity index (χ2v) is 6.34. The number of hydrogen-bond donors (Lipinski definition) is 1. The smallest absolute Gasteiger partial charge is 0.267 e. The summed E-state index contributed by atoms with van der Waals surface area (Å²) in [6.07, 6.45) is 5.23. The van der Waals surface area contributed by atoms with Gasteiger partial charge in [-0.05, 0) is 37.6 Å². The van der Waals surface area contributed by atoms with Gasteiger partial charge in [0.05, 0.1) is 0 Å². The van der Waals surface area contributed by atoms with Crippen LogP contribution in [0, 0.1) is 11.8 Å². The molecule has 122 valence electrons. The largest absolute Gasteiger partial charge is 0.373 e. The van der Waals surface area contributed by atoms with E-state index in [0.717, 1.165) is 31.5 Å². The lowest BCUT2D eigenvalue weighted by Crippen LogP contribution is -2.58. The molecule has 2 fully saturated rings. The van der Waals surface area contributed by atoms with Crippen LogP contribution in [0.1, 0.15) is 35.3 Å². The van der Waals surface area contributed by atoms with Gasteiger partial charge in [0.2, 0.25) is 0 Å². The molecule has 2 bridgehead atoms. The van der Waals surface area contributed by atoms with Crippen molar-refractivity contribution >= 4 is 18.3 Å². The van der Waals surface area contributed by atoms with E-state index in [1.807, 2.05) is 12.1 Å². The lowest BCUT2D eigenvalue weighted by Gasteiger charge is -2.54. The lowest BCUT2D eigenvalue weighted by molar-refractivity contribution is -0.165. The van der Waals surface area contributed by atoms with Crippen molar-refractivity contribution in [2.24, 2.45) is 17.6 Å². The monoisotopic (exact) mass is 325 g/mol. The first-order chi connectivity index (χ1) is 10.1. The highest BCUT2D eigenvalue weighted by atomic mass is 35.5. The van der Waals surface area contributed by atoms with Crippen LogP contribution in [0.25, 0.3) is 0 Å². The van der Waals surface area contributed by atoms with Crippen molar-refractivity contribution in [2.45, 2.75) is 24.9 Å². The zero-order valence-corrected chi connectivity index (χ0v) is 13.9. The highest BCUT2D eigenvalue weighted by Crippen LogP contribution is 2.51. The minimum atomic E-state index is -0.485. The van der Waals surface area contributed by atoms with Gasteiger partial charge in [0.1, 0.15) is 11.3 Å². The summed E-state index contributed by atoms with van der Waals surface area (Å²) in [6.45, 7) is 2.05. The molecule has 2 N–H and O–H groups in total. The number of carbonyl (C=O) groups excluding carboxylic acids is 1. The highest BCUT2D eigenvalue weighted by Gasteiger charge is 2.52. The first-order valence-electron chi connectivity index (χ1n) is 7.58. The van der Waals surface area contributed by atoms with Crippen LogP contribution < -0.4 is 5.73 Å². The Morgan fingerprint density at radius 1 is 1.41 bits per heavy atom. The number of aromatic nitrogens is 1. The first-order valence-corrected chi connectivity index (χ1v) is 7.58. The van der Waals surface area contributed by atoms with Crippen molar-refractivity contribution in [3.8, 4) is 0 Å². The Balaban J connectivity index is 0.00000176. The van der Waals surface area contributed by atoms with Crippen molar-refractivity contribution in [2.75, 3.05) is 27.2 Å². The predicted octanol–water partition coefficient (Wildman–Crippen LogP) is 1.81. The summed E-state index contributed by atoms with van der Waals surface area (Å²) in [5.41, 5.74) is 6.45. The third-order valence-electron chi connectivity index (χ3n) is 5.18. The number of nitrogens with two attached hydrogens (primary N) is 1. The molecule has 0 radical (unpaired) electrons. The Labute approximate surface area is 137 Å². The third kappa shape index (κ3) is 2.62. The van der Waals surface area contributed by atoms with Crippen molar-refractivity contribution in [1.82, 2.24) is 9.88 Å². The number of fused-ring (bicyclic) bond motifs is 2. The molecule has 22 heavy (non-hydrogen) atoms. The molecule has 1 saturated carbocycles. The van der Waals surface area contributed by atoms with Gasteiger partial charge in [0.25, 0.3) is 5.91 Å². The van der Waals surface area contributed by atoms with Crippen molar-refractivity contribution in [1.29, 1.82) is 0 Å². The van der Waals surface area contributed by atoms with E-state index >= 15 is 0 Å². The maximum absolute atomic E-state index is 11.4. The lowest BCUT2D eigenvalue weighted by atomic mass is 9.62. The van der Waals surface area contributed by atoms with Crippen LogP contribution in [0.15, 0.2) is 18.3 Å². The average molecular weight is 326 g/mol. The molecule has 0 spiro atoms. The summed E-state index contributed by atoms with van der Waals surface area (Å²) in [5, 5.41) is 0. The molecule has 5 nitrogen and oxygen atoms in total. The fourth-order valence-electron chi connectivity index (χ4n) is 4.38. The number of primary amides is 1.